The van der Waals surface area contributed by atoms with E-state index in [1.807, 2.05) is 36.4 Å². The van der Waals surface area contributed by atoms with E-state index in [-0.39, 0.29) is 0 Å². The molecule has 0 spiro atoms. The van der Waals surface area contributed by atoms with Gasteiger partial charge in [0.1, 0.15) is 0 Å². The molecule has 2 aromatic carbocycles. The lowest BCUT2D eigenvalue weighted by atomic mass is 10.0. The van der Waals surface area contributed by atoms with Gasteiger partial charge in [0.2, 0.25) is 0 Å². The maximum atomic E-state index is 6.14. The van der Waals surface area contributed by atoms with Crippen molar-refractivity contribution >= 4 is 27.5 Å². The fourth-order valence-electron chi connectivity index (χ4n) is 1.62. The van der Waals surface area contributed by atoms with Crippen molar-refractivity contribution in [2.24, 2.45) is 0 Å². The van der Waals surface area contributed by atoms with E-state index in [4.69, 9.17) is 11.6 Å². The van der Waals surface area contributed by atoms with Gasteiger partial charge in [-0.1, -0.05) is 63.9 Å². The fourth-order valence-corrected chi connectivity index (χ4v) is 2.22. The Balaban J connectivity index is 2.35. The molecule has 0 N–H and O–H groups in total. The second-order valence-electron chi connectivity index (χ2n) is 3.66. The van der Waals surface area contributed by atoms with Gasteiger partial charge in [0.15, 0.2) is 0 Å². The monoisotopic (exact) mass is 293 g/mol. The standard InChI is InChI=1S/C14H11BrCl/c1-10-5-4-7-12(14(10)15)9-11-6-2-3-8-13(11)16/h2-8H,1,9H2. The molecule has 0 aliphatic carbocycles. The predicted molar refractivity (Wildman–Crippen MR) is 72.9 cm³/mol. The van der Waals surface area contributed by atoms with Crippen LogP contribution in [-0.2, 0) is 6.42 Å². The van der Waals surface area contributed by atoms with Gasteiger partial charge in [-0.15, -0.1) is 0 Å². The van der Waals surface area contributed by atoms with Gasteiger partial charge < -0.3 is 0 Å². The van der Waals surface area contributed by atoms with Crippen LogP contribution in [0, 0.1) is 6.92 Å². The molecule has 0 saturated heterocycles. The van der Waals surface area contributed by atoms with Gasteiger partial charge in [-0.05, 0) is 29.7 Å². The Morgan fingerprint density at radius 2 is 1.69 bits per heavy atom. The van der Waals surface area contributed by atoms with E-state index < -0.39 is 0 Å². The first-order chi connectivity index (χ1) is 7.68. The molecule has 2 heteroatoms. The third-order valence-electron chi connectivity index (χ3n) is 2.50. The first-order valence-electron chi connectivity index (χ1n) is 5.01. The molecule has 2 rings (SSSR count). The van der Waals surface area contributed by atoms with Crippen molar-refractivity contribution in [3.8, 4) is 0 Å². The molecule has 0 bridgehead atoms. The third-order valence-corrected chi connectivity index (χ3v) is 3.88. The van der Waals surface area contributed by atoms with Crippen molar-refractivity contribution in [1.29, 1.82) is 0 Å². The molecular weight excluding hydrogens is 284 g/mol. The first-order valence-corrected chi connectivity index (χ1v) is 6.18. The lowest BCUT2D eigenvalue weighted by Gasteiger charge is -2.08. The van der Waals surface area contributed by atoms with Crippen molar-refractivity contribution < 1.29 is 0 Å². The van der Waals surface area contributed by atoms with Crippen LogP contribution in [0.2, 0.25) is 5.02 Å². The summed E-state index contributed by atoms with van der Waals surface area (Å²) < 4.78 is 1.06. The van der Waals surface area contributed by atoms with Crippen molar-refractivity contribution in [1.82, 2.24) is 0 Å². The van der Waals surface area contributed by atoms with E-state index in [9.17, 15) is 0 Å². The lowest BCUT2D eigenvalue weighted by molar-refractivity contribution is 1.17. The van der Waals surface area contributed by atoms with Crippen LogP contribution >= 0.6 is 27.5 Å². The topological polar surface area (TPSA) is 0 Å². The highest BCUT2D eigenvalue weighted by molar-refractivity contribution is 9.10. The van der Waals surface area contributed by atoms with E-state index in [0.717, 1.165) is 27.0 Å². The maximum Gasteiger partial charge on any atom is 0.0441 e. The van der Waals surface area contributed by atoms with Crippen molar-refractivity contribution in [2.75, 3.05) is 0 Å². The fraction of sp³-hybridized carbons (Fsp3) is 0.0714. The van der Waals surface area contributed by atoms with Crippen LogP contribution in [0.1, 0.15) is 16.7 Å². The van der Waals surface area contributed by atoms with Crippen molar-refractivity contribution in [3.05, 3.63) is 75.6 Å². The van der Waals surface area contributed by atoms with Gasteiger partial charge >= 0.3 is 0 Å². The van der Waals surface area contributed by atoms with Gasteiger partial charge in [-0.3, -0.25) is 0 Å². The van der Waals surface area contributed by atoms with Crippen molar-refractivity contribution in [3.63, 3.8) is 0 Å². The first kappa shape index (κ1) is 11.7. The predicted octanol–water partition coefficient (Wildman–Crippen LogP) is 4.88. The zero-order chi connectivity index (χ0) is 11.5. The number of rotatable bonds is 2. The summed E-state index contributed by atoms with van der Waals surface area (Å²) in [6.07, 6.45) is 0.823. The molecule has 0 heterocycles. The van der Waals surface area contributed by atoms with Gasteiger partial charge in [0.05, 0.1) is 0 Å². The highest BCUT2D eigenvalue weighted by atomic mass is 79.9. The van der Waals surface area contributed by atoms with E-state index in [0.29, 0.717) is 0 Å². The van der Waals surface area contributed by atoms with Crippen LogP contribution in [0.5, 0.6) is 0 Å². The molecule has 0 atom stereocenters. The Kier molecular flexibility index (Phi) is 3.67. The summed E-state index contributed by atoms with van der Waals surface area (Å²) in [4.78, 5) is 0. The molecule has 81 valence electrons. The van der Waals surface area contributed by atoms with E-state index >= 15 is 0 Å². The highest BCUT2D eigenvalue weighted by Crippen LogP contribution is 2.26. The van der Waals surface area contributed by atoms with Crippen LogP contribution in [0.15, 0.2) is 46.9 Å². The highest BCUT2D eigenvalue weighted by Gasteiger charge is 2.05. The Morgan fingerprint density at radius 1 is 1.00 bits per heavy atom. The largest absolute Gasteiger partial charge is 0.0840 e. The zero-order valence-electron chi connectivity index (χ0n) is 8.71. The van der Waals surface area contributed by atoms with E-state index in [2.05, 4.69) is 28.9 Å². The minimum absolute atomic E-state index is 0.809. The average molecular weight is 295 g/mol. The molecule has 0 nitrogen and oxygen atoms in total. The molecule has 0 aliphatic rings. The minimum Gasteiger partial charge on any atom is -0.0840 e. The molecule has 0 saturated carbocycles. The van der Waals surface area contributed by atoms with Gasteiger partial charge in [-0.2, -0.15) is 0 Å². The number of hydrogen-bond acceptors (Lipinski definition) is 0. The lowest BCUT2D eigenvalue weighted by Crippen LogP contribution is -1.92. The smallest absolute Gasteiger partial charge is 0.0441 e. The van der Waals surface area contributed by atoms with Gasteiger partial charge in [-0.25, -0.2) is 0 Å². The molecule has 1 radical (unpaired) electrons. The van der Waals surface area contributed by atoms with Crippen LogP contribution in [0.3, 0.4) is 0 Å². The Labute approximate surface area is 109 Å². The minimum atomic E-state index is 0.809. The van der Waals surface area contributed by atoms with Crippen LogP contribution < -0.4 is 0 Å². The van der Waals surface area contributed by atoms with Gasteiger partial charge in [0, 0.05) is 15.9 Å². The Hall–Kier alpha value is -0.790. The molecule has 0 fully saturated rings. The molecule has 0 unspecified atom stereocenters. The van der Waals surface area contributed by atoms with Gasteiger partial charge in [0.25, 0.3) is 0 Å². The molecule has 16 heavy (non-hydrogen) atoms. The van der Waals surface area contributed by atoms with Crippen LogP contribution in [0.4, 0.5) is 0 Å². The normalized spacial score (nSPS) is 10.4. The summed E-state index contributed by atoms with van der Waals surface area (Å²) in [5.41, 5.74) is 3.35. The molecule has 0 aromatic heterocycles. The second-order valence-corrected chi connectivity index (χ2v) is 4.86. The van der Waals surface area contributed by atoms with Crippen LogP contribution in [0.25, 0.3) is 0 Å². The second kappa shape index (κ2) is 5.03. The number of benzene rings is 2. The molecule has 0 amide bonds. The summed E-state index contributed by atoms with van der Waals surface area (Å²) >= 11 is 9.69. The summed E-state index contributed by atoms with van der Waals surface area (Å²) in [7, 11) is 0. The van der Waals surface area contributed by atoms with E-state index in [1.165, 1.54) is 5.56 Å². The Morgan fingerprint density at radius 3 is 2.44 bits per heavy atom. The number of hydrogen-bond donors (Lipinski definition) is 0. The Bertz CT molecular complexity index is 506. The number of halogens is 2. The summed E-state index contributed by atoms with van der Waals surface area (Å²) in [5, 5.41) is 0.809. The summed E-state index contributed by atoms with van der Waals surface area (Å²) in [5.74, 6) is 0. The average Bonchev–Trinajstić information content (AvgIpc) is 2.28. The zero-order valence-corrected chi connectivity index (χ0v) is 11.1. The third kappa shape index (κ3) is 2.47. The summed E-state index contributed by atoms with van der Waals surface area (Å²) in [6, 6.07) is 14.0. The summed E-state index contributed by atoms with van der Waals surface area (Å²) in [6.45, 7) is 3.96. The maximum absolute atomic E-state index is 6.14. The quantitative estimate of drug-likeness (QED) is 0.741. The SMILES string of the molecule is [CH2]c1cccc(Cc2ccccc2Cl)c1Br. The van der Waals surface area contributed by atoms with Crippen molar-refractivity contribution in [2.45, 2.75) is 6.42 Å². The molecule has 2 aromatic rings. The van der Waals surface area contributed by atoms with Crippen LogP contribution in [-0.4, -0.2) is 0 Å². The molecular formula is C14H11BrCl. The van der Waals surface area contributed by atoms with E-state index in [1.54, 1.807) is 0 Å². The molecule has 0 aliphatic heterocycles.